The lowest BCUT2D eigenvalue weighted by molar-refractivity contribution is 0.0989. The summed E-state index contributed by atoms with van der Waals surface area (Å²) in [4.78, 5) is 22.5. The number of ether oxygens (including phenoxy) is 1. The third kappa shape index (κ3) is 2.86. The molecular formula is C14H13N3O3. The molecule has 0 radical (unpaired) electrons. The molecule has 0 fully saturated rings. The molecule has 6 heteroatoms. The molecule has 102 valence electrons. The Hall–Kier alpha value is -3.02. The van der Waals surface area contributed by atoms with Crippen LogP contribution in [-0.2, 0) is 0 Å². The molecule has 0 saturated carbocycles. The van der Waals surface area contributed by atoms with E-state index in [0.29, 0.717) is 17.0 Å². The average Bonchev–Trinajstić information content (AvgIpc) is 2.41. The van der Waals surface area contributed by atoms with Gasteiger partial charge in [-0.2, -0.15) is 0 Å². The predicted octanol–water partition coefficient (Wildman–Crippen LogP) is 1.26. The first-order valence-electron chi connectivity index (χ1n) is 5.74. The molecule has 0 bridgehead atoms. The highest BCUT2D eigenvalue weighted by Gasteiger charge is 2.11. The van der Waals surface area contributed by atoms with Gasteiger partial charge in [-0.05, 0) is 36.4 Å². The van der Waals surface area contributed by atoms with E-state index in [1.807, 2.05) is 0 Å². The Morgan fingerprint density at radius 1 is 0.950 bits per heavy atom. The van der Waals surface area contributed by atoms with Crippen LogP contribution in [0, 0.1) is 0 Å². The van der Waals surface area contributed by atoms with Crippen molar-refractivity contribution in [3.63, 3.8) is 0 Å². The summed E-state index contributed by atoms with van der Waals surface area (Å²) in [5.74, 6) is -0.594. The molecule has 6 N–H and O–H groups in total. The second kappa shape index (κ2) is 5.31. The Bertz CT molecular complexity index is 683. The first-order valence-corrected chi connectivity index (χ1v) is 5.74. The van der Waals surface area contributed by atoms with E-state index in [1.165, 1.54) is 18.2 Å². The number of primary amides is 2. The summed E-state index contributed by atoms with van der Waals surface area (Å²) in [5.41, 5.74) is 16.9. The molecule has 2 rings (SSSR count). The van der Waals surface area contributed by atoms with Gasteiger partial charge in [-0.25, -0.2) is 0 Å². The molecule has 0 saturated heterocycles. The number of hydrogen-bond acceptors (Lipinski definition) is 4. The van der Waals surface area contributed by atoms with Gasteiger partial charge in [0.25, 0.3) is 5.91 Å². The minimum Gasteiger partial charge on any atom is -0.457 e. The van der Waals surface area contributed by atoms with E-state index in [4.69, 9.17) is 21.9 Å². The zero-order chi connectivity index (χ0) is 14.7. The number of rotatable bonds is 4. The highest BCUT2D eigenvalue weighted by Crippen LogP contribution is 2.27. The highest BCUT2D eigenvalue weighted by atomic mass is 16.5. The topological polar surface area (TPSA) is 121 Å². The Labute approximate surface area is 115 Å². The van der Waals surface area contributed by atoms with Crippen LogP contribution in [0.1, 0.15) is 20.7 Å². The predicted molar refractivity (Wildman–Crippen MR) is 74.4 cm³/mol. The number of hydrogen-bond donors (Lipinski definition) is 3. The van der Waals surface area contributed by atoms with Gasteiger partial charge < -0.3 is 21.9 Å². The standard InChI is InChI=1S/C14H13N3O3/c15-9-4-5-12(11(7-9)14(17)19)20-10-3-1-2-8(6-10)13(16)18/h1-7H,15H2,(H2,16,18)(H2,17,19). The number of amides is 2. The maximum Gasteiger partial charge on any atom is 0.252 e. The maximum absolute atomic E-state index is 11.4. The van der Waals surface area contributed by atoms with Gasteiger partial charge in [-0.1, -0.05) is 6.07 Å². The van der Waals surface area contributed by atoms with E-state index in [0.717, 1.165) is 0 Å². The first-order chi connectivity index (χ1) is 9.47. The molecule has 0 unspecified atom stereocenters. The van der Waals surface area contributed by atoms with Crippen LogP contribution in [0.25, 0.3) is 0 Å². The van der Waals surface area contributed by atoms with Crippen LogP contribution in [0.2, 0.25) is 0 Å². The van der Waals surface area contributed by atoms with Gasteiger partial charge in [-0.15, -0.1) is 0 Å². The lowest BCUT2D eigenvalue weighted by Gasteiger charge is -2.10. The van der Waals surface area contributed by atoms with E-state index in [9.17, 15) is 9.59 Å². The fraction of sp³-hybridized carbons (Fsp3) is 0. The third-order valence-electron chi connectivity index (χ3n) is 2.62. The molecule has 20 heavy (non-hydrogen) atoms. The fourth-order valence-corrected chi connectivity index (χ4v) is 1.67. The van der Waals surface area contributed by atoms with Gasteiger partial charge in [0, 0.05) is 11.3 Å². The zero-order valence-electron chi connectivity index (χ0n) is 10.5. The van der Waals surface area contributed by atoms with Crippen molar-refractivity contribution >= 4 is 17.5 Å². The van der Waals surface area contributed by atoms with E-state index >= 15 is 0 Å². The summed E-state index contributed by atoms with van der Waals surface area (Å²) in [6.07, 6.45) is 0. The minimum atomic E-state index is -0.654. The van der Waals surface area contributed by atoms with Gasteiger partial charge in [0.15, 0.2) is 0 Å². The van der Waals surface area contributed by atoms with Gasteiger partial charge in [0.05, 0.1) is 5.56 Å². The molecule has 0 aliphatic rings. The van der Waals surface area contributed by atoms with Crippen molar-refractivity contribution in [2.75, 3.05) is 5.73 Å². The van der Waals surface area contributed by atoms with E-state index in [-0.39, 0.29) is 11.3 Å². The van der Waals surface area contributed by atoms with Crippen molar-refractivity contribution in [2.24, 2.45) is 11.5 Å². The average molecular weight is 271 g/mol. The van der Waals surface area contributed by atoms with Gasteiger partial charge in [0.2, 0.25) is 5.91 Å². The second-order valence-corrected chi connectivity index (χ2v) is 4.11. The quantitative estimate of drug-likeness (QED) is 0.724. The van der Waals surface area contributed by atoms with E-state index < -0.39 is 11.8 Å². The number of carbonyl (C=O) groups excluding carboxylic acids is 2. The number of nitrogens with two attached hydrogens (primary N) is 3. The maximum atomic E-state index is 11.4. The molecule has 2 aromatic carbocycles. The van der Waals surface area contributed by atoms with Gasteiger partial charge in [0.1, 0.15) is 11.5 Å². The van der Waals surface area contributed by atoms with E-state index in [2.05, 4.69) is 0 Å². The number of benzene rings is 2. The SMILES string of the molecule is NC(=O)c1cccc(Oc2ccc(N)cc2C(N)=O)c1. The van der Waals surface area contributed by atoms with Crippen LogP contribution >= 0.6 is 0 Å². The van der Waals surface area contributed by atoms with E-state index in [1.54, 1.807) is 24.3 Å². The number of anilines is 1. The summed E-state index contributed by atoms with van der Waals surface area (Å²) in [6, 6.07) is 10.8. The zero-order valence-corrected chi connectivity index (χ0v) is 10.5. The number of carbonyl (C=O) groups is 2. The van der Waals surface area contributed by atoms with Crippen molar-refractivity contribution < 1.29 is 14.3 Å². The Balaban J connectivity index is 2.37. The van der Waals surface area contributed by atoms with Crippen LogP contribution in [-0.4, -0.2) is 11.8 Å². The van der Waals surface area contributed by atoms with Crippen molar-refractivity contribution in [1.29, 1.82) is 0 Å². The molecule has 2 aromatic rings. The second-order valence-electron chi connectivity index (χ2n) is 4.11. The van der Waals surface area contributed by atoms with Crippen LogP contribution in [0.3, 0.4) is 0 Å². The van der Waals surface area contributed by atoms with Crippen LogP contribution in [0.4, 0.5) is 5.69 Å². The van der Waals surface area contributed by atoms with Crippen molar-refractivity contribution in [3.8, 4) is 11.5 Å². The van der Waals surface area contributed by atoms with Gasteiger partial charge in [-0.3, -0.25) is 9.59 Å². The summed E-state index contributed by atoms with van der Waals surface area (Å²) in [5, 5.41) is 0. The Morgan fingerprint density at radius 3 is 2.35 bits per heavy atom. The summed E-state index contributed by atoms with van der Waals surface area (Å²) >= 11 is 0. The number of nitrogen functional groups attached to an aromatic ring is 1. The van der Waals surface area contributed by atoms with Crippen molar-refractivity contribution in [1.82, 2.24) is 0 Å². The molecule has 0 atom stereocenters. The van der Waals surface area contributed by atoms with Crippen LogP contribution < -0.4 is 21.9 Å². The van der Waals surface area contributed by atoms with Gasteiger partial charge >= 0.3 is 0 Å². The fourth-order valence-electron chi connectivity index (χ4n) is 1.67. The molecule has 0 aromatic heterocycles. The summed E-state index contributed by atoms with van der Waals surface area (Å²) < 4.78 is 5.55. The minimum absolute atomic E-state index is 0.162. The molecular weight excluding hydrogens is 258 g/mol. The normalized spacial score (nSPS) is 10.0. The molecule has 2 amide bonds. The first kappa shape index (κ1) is 13.4. The monoisotopic (exact) mass is 271 g/mol. The highest BCUT2D eigenvalue weighted by molar-refractivity contribution is 5.96. The summed E-state index contributed by atoms with van der Waals surface area (Å²) in [6.45, 7) is 0. The third-order valence-corrected chi connectivity index (χ3v) is 2.62. The summed E-state index contributed by atoms with van der Waals surface area (Å²) in [7, 11) is 0. The van der Waals surface area contributed by atoms with Crippen molar-refractivity contribution in [2.45, 2.75) is 0 Å². The molecule has 0 heterocycles. The van der Waals surface area contributed by atoms with Crippen LogP contribution in [0.15, 0.2) is 42.5 Å². The largest absolute Gasteiger partial charge is 0.457 e. The Kier molecular flexibility index (Phi) is 3.56. The van der Waals surface area contributed by atoms with Crippen molar-refractivity contribution in [3.05, 3.63) is 53.6 Å². The smallest absolute Gasteiger partial charge is 0.252 e. The Morgan fingerprint density at radius 2 is 1.70 bits per heavy atom. The lowest BCUT2D eigenvalue weighted by atomic mass is 10.1. The van der Waals surface area contributed by atoms with Crippen LogP contribution in [0.5, 0.6) is 11.5 Å². The lowest BCUT2D eigenvalue weighted by Crippen LogP contribution is -2.13. The molecule has 0 spiro atoms. The molecule has 6 nitrogen and oxygen atoms in total. The molecule has 0 aliphatic carbocycles. The molecule has 0 aliphatic heterocycles.